The molecule has 1 saturated carbocycles. The molecule has 1 rings (SSSR count). The van der Waals surface area contributed by atoms with Crippen LogP contribution in [0.15, 0.2) is 4.99 Å². The molecule has 0 aromatic carbocycles. The molecule has 0 aromatic rings. The Hall–Kier alpha value is -0.570. The number of carbonyl (C=O) groups is 1. The van der Waals surface area contributed by atoms with Crippen LogP contribution in [0.1, 0.15) is 52.9 Å². The van der Waals surface area contributed by atoms with Crippen LogP contribution in [0.2, 0.25) is 0 Å². The van der Waals surface area contributed by atoms with Crippen molar-refractivity contribution >= 4 is 35.9 Å². The molecule has 1 unspecified atom stereocenters. The van der Waals surface area contributed by atoms with Crippen LogP contribution in [0, 0.1) is 11.3 Å². The Morgan fingerprint density at radius 1 is 1.24 bits per heavy atom. The van der Waals surface area contributed by atoms with Crippen LogP contribution >= 0.6 is 24.0 Å². The van der Waals surface area contributed by atoms with E-state index in [0.717, 1.165) is 38.7 Å². The molecule has 2 N–H and O–H groups in total. The van der Waals surface area contributed by atoms with Gasteiger partial charge in [-0.2, -0.15) is 0 Å². The molecular formula is C18H36IN3O3. The Morgan fingerprint density at radius 3 is 2.48 bits per heavy atom. The van der Waals surface area contributed by atoms with Crippen LogP contribution in [0.4, 0.5) is 0 Å². The van der Waals surface area contributed by atoms with Crippen LogP contribution in [-0.2, 0) is 14.3 Å². The van der Waals surface area contributed by atoms with Gasteiger partial charge >= 0.3 is 5.97 Å². The van der Waals surface area contributed by atoms with Gasteiger partial charge in [-0.3, -0.25) is 9.79 Å². The van der Waals surface area contributed by atoms with Crippen LogP contribution in [-0.4, -0.2) is 51.9 Å². The number of hydrogen-bond acceptors (Lipinski definition) is 4. The van der Waals surface area contributed by atoms with Crippen molar-refractivity contribution < 1.29 is 14.3 Å². The molecule has 1 aliphatic carbocycles. The lowest BCUT2D eigenvalue weighted by molar-refractivity contribution is -0.144. The predicted molar refractivity (Wildman–Crippen MR) is 113 cm³/mol. The monoisotopic (exact) mass is 469 g/mol. The highest BCUT2D eigenvalue weighted by molar-refractivity contribution is 14.0. The second kappa shape index (κ2) is 13.6. The average Bonchev–Trinajstić information content (AvgIpc) is 3.05. The minimum absolute atomic E-state index is 0. The number of rotatable bonds is 10. The molecule has 148 valence electrons. The van der Waals surface area contributed by atoms with E-state index in [0.29, 0.717) is 6.54 Å². The molecule has 0 saturated heterocycles. The summed E-state index contributed by atoms with van der Waals surface area (Å²) in [5.41, 5.74) is 0.269. The van der Waals surface area contributed by atoms with Crippen molar-refractivity contribution in [3.8, 4) is 0 Å². The fourth-order valence-corrected chi connectivity index (χ4v) is 3.17. The molecule has 0 spiro atoms. The van der Waals surface area contributed by atoms with Gasteiger partial charge in [0.25, 0.3) is 0 Å². The first kappa shape index (κ1) is 24.4. The number of methoxy groups -OCH3 is 1. The van der Waals surface area contributed by atoms with E-state index in [2.05, 4.69) is 10.6 Å². The van der Waals surface area contributed by atoms with Gasteiger partial charge in [0.2, 0.25) is 0 Å². The molecule has 0 aromatic heterocycles. The Labute approximate surface area is 169 Å². The van der Waals surface area contributed by atoms with Gasteiger partial charge in [-0.15, -0.1) is 24.0 Å². The quantitative estimate of drug-likeness (QED) is 0.169. The van der Waals surface area contributed by atoms with E-state index < -0.39 is 0 Å². The summed E-state index contributed by atoms with van der Waals surface area (Å²) in [7, 11) is 1.42. The van der Waals surface area contributed by atoms with E-state index >= 15 is 0 Å². The normalized spacial score (nSPS) is 17.5. The van der Waals surface area contributed by atoms with Crippen molar-refractivity contribution in [2.75, 3.05) is 40.0 Å². The first-order chi connectivity index (χ1) is 11.6. The summed E-state index contributed by atoms with van der Waals surface area (Å²) in [6.07, 6.45) is 6.08. The zero-order chi connectivity index (χ0) is 17.8. The summed E-state index contributed by atoms with van der Waals surface area (Å²) in [5, 5.41) is 6.51. The molecule has 1 atom stereocenters. The molecule has 25 heavy (non-hydrogen) atoms. The minimum atomic E-state index is -0.206. The number of nitrogens with one attached hydrogen (secondary N) is 2. The molecule has 0 bridgehead atoms. The van der Waals surface area contributed by atoms with Gasteiger partial charge < -0.3 is 20.1 Å². The predicted octanol–water partition coefficient (Wildman–Crippen LogP) is 2.96. The molecule has 0 aliphatic heterocycles. The highest BCUT2D eigenvalue weighted by Crippen LogP contribution is 2.41. The third kappa shape index (κ3) is 9.08. The smallest absolute Gasteiger partial charge is 0.310 e. The fraction of sp³-hybridized carbons (Fsp3) is 0.889. The van der Waals surface area contributed by atoms with Crippen molar-refractivity contribution in [2.45, 2.75) is 52.9 Å². The summed E-state index contributed by atoms with van der Waals surface area (Å²) in [6.45, 7) is 9.64. The zero-order valence-electron chi connectivity index (χ0n) is 16.2. The Balaban J connectivity index is 0.00000576. The Bertz CT molecular complexity index is 399. The number of esters is 1. The number of hydrogen-bond donors (Lipinski definition) is 2. The molecule has 6 nitrogen and oxygen atoms in total. The standard InChI is InChI=1S/C18H35N3O3.HI/c1-5-19-17(20-13-15(3)16(22)23-4)21-14-18(9-7-8-10-18)11-12-24-6-2;/h15H,5-14H2,1-4H3,(H2,19,20,21);1H. The fourth-order valence-electron chi connectivity index (χ4n) is 3.17. The van der Waals surface area contributed by atoms with Crippen LogP contribution in [0.25, 0.3) is 0 Å². The van der Waals surface area contributed by atoms with Crippen molar-refractivity contribution in [1.29, 1.82) is 0 Å². The molecule has 0 amide bonds. The second-order valence-corrected chi connectivity index (χ2v) is 6.65. The van der Waals surface area contributed by atoms with Crippen molar-refractivity contribution in [1.82, 2.24) is 10.6 Å². The summed E-state index contributed by atoms with van der Waals surface area (Å²) in [5.74, 6) is 0.371. The van der Waals surface area contributed by atoms with Gasteiger partial charge in [0.05, 0.1) is 13.0 Å². The molecule has 0 heterocycles. The minimum Gasteiger partial charge on any atom is -0.469 e. The summed E-state index contributed by atoms with van der Waals surface area (Å²) >= 11 is 0. The van der Waals surface area contributed by atoms with Gasteiger partial charge in [-0.1, -0.05) is 19.8 Å². The highest BCUT2D eigenvalue weighted by Gasteiger charge is 2.33. The largest absolute Gasteiger partial charge is 0.469 e. The molecule has 7 heteroatoms. The molecular weight excluding hydrogens is 433 g/mol. The van der Waals surface area contributed by atoms with E-state index in [-0.39, 0.29) is 41.3 Å². The van der Waals surface area contributed by atoms with Crippen molar-refractivity contribution in [2.24, 2.45) is 16.3 Å². The lowest BCUT2D eigenvalue weighted by atomic mass is 9.83. The number of nitrogens with zero attached hydrogens (tertiary/aromatic N) is 1. The van der Waals surface area contributed by atoms with Gasteiger partial charge in [0.15, 0.2) is 5.96 Å². The van der Waals surface area contributed by atoms with Crippen molar-refractivity contribution in [3.05, 3.63) is 0 Å². The van der Waals surface area contributed by atoms with Crippen LogP contribution in [0.3, 0.4) is 0 Å². The van der Waals surface area contributed by atoms with E-state index in [4.69, 9.17) is 14.5 Å². The number of guanidine groups is 1. The molecule has 1 fully saturated rings. The summed E-state index contributed by atoms with van der Waals surface area (Å²) in [4.78, 5) is 16.3. The maximum Gasteiger partial charge on any atom is 0.310 e. The molecule has 0 radical (unpaired) electrons. The number of ether oxygens (including phenoxy) is 2. The lowest BCUT2D eigenvalue weighted by Gasteiger charge is -2.27. The van der Waals surface area contributed by atoms with Gasteiger partial charge in [-0.05, 0) is 38.5 Å². The van der Waals surface area contributed by atoms with E-state index in [9.17, 15) is 4.79 Å². The number of halogens is 1. The maximum absolute atomic E-state index is 11.5. The van der Waals surface area contributed by atoms with Gasteiger partial charge in [-0.25, -0.2) is 0 Å². The van der Waals surface area contributed by atoms with Gasteiger partial charge in [0.1, 0.15) is 0 Å². The Morgan fingerprint density at radius 2 is 1.92 bits per heavy atom. The third-order valence-corrected chi connectivity index (χ3v) is 4.74. The van der Waals surface area contributed by atoms with Crippen LogP contribution < -0.4 is 10.6 Å². The molecule has 1 aliphatic rings. The first-order valence-electron chi connectivity index (χ1n) is 9.24. The van der Waals surface area contributed by atoms with Crippen LogP contribution in [0.5, 0.6) is 0 Å². The first-order valence-corrected chi connectivity index (χ1v) is 9.24. The average molecular weight is 469 g/mol. The van der Waals surface area contributed by atoms with E-state index in [1.54, 1.807) is 0 Å². The Kier molecular flexibility index (Phi) is 13.3. The van der Waals surface area contributed by atoms with E-state index in [1.165, 1.54) is 32.8 Å². The summed E-state index contributed by atoms with van der Waals surface area (Å²) < 4.78 is 10.3. The zero-order valence-corrected chi connectivity index (χ0v) is 18.6. The number of carbonyl (C=O) groups excluding carboxylic acids is 1. The van der Waals surface area contributed by atoms with E-state index in [1.807, 2.05) is 20.8 Å². The van der Waals surface area contributed by atoms with Crippen molar-refractivity contribution in [3.63, 3.8) is 0 Å². The topological polar surface area (TPSA) is 72.0 Å². The number of aliphatic imine (C=N–C) groups is 1. The summed E-state index contributed by atoms with van der Waals surface area (Å²) in [6, 6.07) is 0. The van der Waals surface area contributed by atoms with Gasteiger partial charge in [0, 0.05) is 32.8 Å². The highest BCUT2D eigenvalue weighted by atomic mass is 127. The second-order valence-electron chi connectivity index (χ2n) is 6.65. The lowest BCUT2D eigenvalue weighted by Crippen LogP contribution is -2.41. The SMILES string of the molecule is CCNC(=NCC1(CCOCC)CCCC1)NCC(C)C(=O)OC.I. The maximum atomic E-state index is 11.5. The third-order valence-electron chi connectivity index (χ3n) is 4.74.